The number of hydrogen-bond donors (Lipinski definition) is 0. The molecule has 1 fully saturated rings. The molecule has 0 aliphatic carbocycles. The molecule has 0 radical (unpaired) electrons. The first kappa shape index (κ1) is 16.6. The highest BCUT2D eigenvalue weighted by molar-refractivity contribution is 7.09. The van der Waals surface area contributed by atoms with Gasteiger partial charge in [-0.05, 0) is 18.6 Å². The van der Waals surface area contributed by atoms with Gasteiger partial charge < -0.3 is 4.74 Å². The van der Waals surface area contributed by atoms with Crippen molar-refractivity contribution >= 4 is 22.9 Å². The summed E-state index contributed by atoms with van der Waals surface area (Å²) in [5.74, 6) is 0.688. The van der Waals surface area contributed by atoms with Crippen molar-refractivity contribution < 1.29 is 4.74 Å². The van der Waals surface area contributed by atoms with Crippen molar-refractivity contribution in [1.29, 1.82) is 0 Å². The Hall–Kier alpha value is -1.79. The maximum Gasteiger partial charge on any atom is 0.174 e. The number of aromatic nitrogens is 1. The van der Waals surface area contributed by atoms with Crippen LogP contribution in [-0.2, 0) is 4.74 Å². The van der Waals surface area contributed by atoms with Crippen molar-refractivity contribution in [2.24, 2.45) is 9.98 Å². The van der Waals surface area contributed by atoms with Crippen LogP contribution in [-0.4, -0.2) is 55.2 Å². The molecular formula is C16H22N4OS. The first-order valence-electron chi connectivity index (χ1n) is 7.19. The Labute approximate surface area is 135 Å². The monoisotopic (exact) mass is 318 g/mol. The molecule has 1 aliphatic rings. The van der Waals surface area contributed by atoms with Crippen molar-refractivity contribution in [3.8, 4) is 0 Å². The molecule has 22 heavy (non-hydrogen) atoms. The topological polar surface area (TPSA) is 50.1 Å². The first-order valence-corrected chi connectivity index (χ1v) is 8.07. The van der Waals surface area contributed by atoms with Crippen LogP contribution in [0.25, 0.3) is 0 Å². The van der Waals surface area contributed by atoms with Crippen LogP contribution in [0.4, 0.5) is 0 Å². The smallest absolute Gasteiger partial charge is 0.174 e. The summed E-state index contributed by atoms with van der Waals surface area (Å²) in [4.78, 5) is 15.7. The van der Waals surface area contributed by atoms with Crippen molar-refractivity contribution in [2.45, 2.75) is 13.3 Å². The van der Waals surface area contributed by atoms with E-state index in [1.165, 1.54) is 0 Å². The van der Waals surface area contributed by atoms with Crippen molar-refractivity contribution in [3.05, 3.63) is 40.6 Å². The standard InChI is InChI=1S/C16H22N4OS/c1-12-10-20(7-5-9-21-4)8-6-14(12)19-16(17-3)15-11-22-13(2)18-15/h5,9,11H,1,6-8,10H2,2-4H3/b9-5+,17-16?,19-14?. The highest BCUT2D eigenvalue weighted by atomic mass is 32.1. The normalized spacial score (nSPS) is 19.3. The molecule has 0 atom stereocenters. The minimum Gasteiger partial charge on any atom is -0.505 e. The quantitative estimate of drug-likeness (QED) is 0.487. The summed E-state index contributed by atoms with van der Waals surface area (Å²) in [5.41, 5.74) is 2.92. The number of amidine groups is 1. The number of nitrogens with zero attached hydrogens (tertiary/aromatic N) is 4. The summed E-state index contributed by atoms with van der Waals surface area (Å²) in [6.07, 6.45) is 4.59. The molecule has 1 aromatic heterocycles. The summed E-state index contributed by atoms with van der Waals surface area (Å²) in [6.45, 7) is 8.78. The van der Waals surface area contributed by atoms with Gasteiger partial charge >= 0.3 is 0 Å². The van der Waals surface area contributed by atoms with E-state index in [4.69, 9.17) is 9.73 Å². The number of rotatable bonds is 4. The lowest BCUT2D eigenvalue weighted by molar-refractivity contribution is 0.312. The third kappa shape index (κ3) is 4.35. The molecule has 0 saturated carbocycles. The molecule has 0 unspecified atom stereocenters. The lowest BCUT2D eigenvalue weighted by Crippen LogP contribution is -2.36. The highest BCUT2D eigenvalue weighted by Crippen LogP contribution is 2.15. The van der Waals surface area contributed by atoms with Gasteiger partial charge in [0.05, 0.1) is 18.4 Å². The number of likely N-dealkylation sites (tertiary alicyclic amines) is 1. The Morgan fingerprint density at radius 1 is 1.59 bits per heavy atom. The zero-order chi connectivity index (χ0) is 15.9. The molecule has 0 spiro atoms. The van der Waals surface area contributed by atoms with Gasteiger partial charge in [0.25, 0.3) is 0 Å². The van der Waals surface area contributed by atoms with Gasteiger partial charge in [-0.3, -0.25) is 9.89 Å². The Kier molecular flexibility index (Phi) is 6.03. The Bertz CT molecular complexity index is 615. The predicted molar refractivity (Wildman–Crippen MR) is 93.1 cm³/mol. The van der Waals surface area contributed by atoms with E-state index in [9.17, 15) is 0 Å². The zero-order valence-electron chi connectivity index (χ0n) is 13.4. The molecule has 6 heteroatoms. The number of thiazole rings is 1. The number of methoxy groups -OCH3 is 1. The molecule has 118 valence electrons. The number of ether oxygens (including phenoxy) is 1. The molecular weight excluding hydrogens is 296 g/mol. The van der Waals surface area contributed by atoms with Crippen LogP contribution in [0.2, 0.25) is 0 Å². The van der Waals surface area contributed by atoms with Gasteiger partial charge in [0, 0.05) is 44.2 Å². The Balaban J connectivity index is 2.04. The largest absolute Gasteiger partial charge is 0.505 e. The third-order valence-corrected chi connectivity index (χ3v) is 4.16. The molecule has 2 rings (SSSR count). The zero-order valence-corrected chi connectivity index (χ0v) is 14.2. The lowest BCUT2D eigenvalue weighted by Gasteiger charge is -2.28. The minimum absolute atomic E-state index is 0.688. The van der Waals surface area contributed by atoms with E-state index in [-0.39, 0.29) is 0 Å². The SMILES string of the molecule is C=C1CN(C/C=C/OC)CCC1=NC(=NC)c1csc(C)n1. The minimum atomic E-state index is 0.688. The van der Waals surface area contributed by atoms with Crippen LogP contribution < -0.4 is 0 Å². The van der Waals surface area contributed by atoms with Gasteiger partial charge in [-0.2, -0.15) is 0 Å². The summed E-state index contributed by atoms with van der Waals surface area (Å²) >= 11 is 1.61. The van der Waals surface area contributed by atoms with E-state index < -0.39 is 0 Å². The fraction of sp³-hybridized carbons (Fsp3) is 0.438. The second-order valence-electron chi connectivity index (χ2n) is 5.05. The highest BCUT2D eigenvalue weighted by Gasteiger charge is 2.18. The fourth-order valence-electron chi connectivity index (χ4n) is 2.28. The van der Waals surface area contributed by atoms with Gasteiger partial charge in [-0.15, -0.1) is 11.3 Å². The average Bonchev–Trinajstić information content (AvgIpc) is 2.93. The predicted octanol–water partition coefficient (Wildman–Crippen LogP) is 2.69. The van der Waals surface area contributed by atoms with Crippen LogP contribution in [0, 0.1) is 6.92 Å². The Morgan fingerprint density at radius 2 is 2.41 bits per heavy atom. The van der Waals surface area contributed by atoms with E-state index in [1.54, 1.807) is 31.8 Å². The molecule has 1 aromatic rings. The van der Waals surface area contributed by atoms with E-state index in [0.717, 1.165) is 48.0 Å². The second kappa shape index (κ2) is 8.00. The van der Waals surface area contributed by atoms with E-state index >= 15 is 0 Å². The summed E-state index contributed by atoms with van der Waals surface area (Å²) in [6, 6.07) is 0. The van der Waals surface area contributed by atoms with Crippen molar-refractivity contribution in [3.63, 3.8) is 0 Å². The maximum atomic E-state index is 4.92. The molecule has 0 bridgehead atoms. The molecule has 1 aliphatic heterocycles. The third-order valence-electron chi connectivity index (χ3n) is 3.38. The van der Waals surface area contributed by atoms with Crippen molar-refractivity contribution in [1.82, 2.24) is 9.88 Å². The summed E-state index contributed by atoms with van der Waals surface area (Å²) in [5, 5.41) is 3.02. The van der Waals surface area contributed by atoms with Gasteiger partial charge in [0.1, 0.15) is 5.69 Å². The molecule has 2 heterocycles. The van der Waals surface area contributed by atoms with Gasteiger partial charge in [-0.1, -0.05) is 6.58 Å². The lowest BCUT2D eigenvalue weighted by atomic mass is 10.0. The summed E-state index contributed by atoms with van der Waals surface area (Å²) in [7, 11) is 3.41. The molecule has 0 N–H and O–H groups in total. The number of piperidine rings is 1. The summed E-state index contributed by atoms with van der Waals surface area (Å²) < 4.78 is 4.92. The van der Waals surface area contributed by atoms with Crippen molar-refractivity contribution in [2.75, 3.05) is 33.8 Å². The van der Waals surface area contributed by atoms with Gasteiger partial charge in [-0.25, -0.2) is 9.98 Å². The fourth-order valence-corrected chi connectivity index (χ4v) is 2.87. The van der Waals surface area contributed by atoms with Crippen LogP contribution in [0.5, 0.6) is 0 Å². The molecule has 5 nitrogen and oxygen atoms in total. The van der Waals surface area contributed by atoms with Crippen LogP contribution in [0.1, 0.15) is 17.1 Å². The van der Waals surface area contributed by atoms with Crippen LogP contribution >= 0.6 is 11.3 Å². The number of hydrogen-bond acceptors (Lipinski definition) is 5. The molecule has 0 amide bonds. The van der Waals surface area contributed by atoms with Crippen LogP contribution in [0.15, 0.2) is 39.9 Å². The van der Waals surface area contributed by atoms with Crippen LogP contribution in [0.3, 0.4) is 0 Å². The van der Waals surface area contributed by atoms with Gasteiger partial charge in [0.15, 0.2) is 5.84 Å². The van der Waals surface area contributed by atoms with E-state index in [1.807, 2.05) is 18.4 Å². The van der Waals surface area contributed by atoms with Gasteiger partial charge in [0.2, 0.25) is 0 Å². The average molecular weight is 318 g/mol. The second-order valence-corrected chi connectivity index (χ2v) is 6.12. The first-order chi connectivity index (χ1) is 10.6. The number of aryl methyl sites for hydroxylation is 1. The number of aliphatic imine (C=N–C) groups is 2. The molecule has 0 aromatic carbocycles. The maximum absolute atomic E-state index is 4.92. The van der Waals surface area contributed by atoms with E-state index in [0.29, 0.717) is 5.84 Å². The molecule has 1 saturated heterocycles. The Morgan fingerprint density at radius 3 is 3.00 bits per heavy atom. The van der Waals surface area contributed by atoms with E-state index in [2.05, 4.69) is 21.5 Å².